The summed E-state index contributed by atoms with van der Waals surface area (Å²) in [6.07, 6.45) is 1.67. The predicted octanol–water partition coefficient (Wildman–Crippen LogP) is 4.80. The van der Waals surface area contributed by atoms with Gasteiger partial charge in [-0.2, -0.15) is 4.31 Å². The monoisotopic (exact) mass is 600 g/mol. The van der Waals surface area contributed by atoms with Crippen LogP contribution in [0.15, 0.2) is 65.6 Å². The first-order valence-corrected chi connectivity index (χ1v) is 15.5. The fourth-order valence-electron chi connectivity index (χ4n) is 5.77. The van der Waals surface area contributed by atoms with Crippen LogP contribution in [-0.2, 0) is 34.1 Å². The lowest BCUT2D eigenvalue weighted by Crippen LogP contribution is -2.47. The van der Waals surface area contributed by atoms with Crippen LogP contribution < -0.4 is 5.32 Å². The number of benzene rings is 3. The summed E-state index contributed by atoms with van der Waals surface area (Å²) >= 11 is 0. The Morgan fingerprint density at radius 3 is 2.31 bits per heavy atom. The van der Waals surface area contributed by atoms with Crippen molar-refractivity contribution in [2.45, 2.75) is 62.5 Å². The predicted molar refractivity (Wildman–Crippen MR) is 158 cm³/mol. The Morgan fingerprint density at radius 1 is 1.05 bits per heavy atom. The van der Waals surface area contributed by atoms with Gasteiger partial charge in [0.1, 0.15) is 11.6 Å². The first-order valence-electron chi connectivity index (χ1n) is 14.0. The van der Waals surface area contributed by atoms with Crippen molar-refractivity contribution in [1.82, 2.24) is 9.62 Å². The number of carboxylic acid groups (broad SMARTS) is 1. The van der Waals surface area contributed by atoms with Crippen molar-refractivity contribution >= 4 is 16.0 Å². The van der Waals surface area contributed by atoms with E-state index in [-0.39, 0.29) is 47.5 Å². The van der Waals surface area contributed by atoms with Gasteiger partial charge in [-0.25, -0.2) is 17.2 Å². The number of likely N-dealkylation sites (N-methyl/N-ethyl adjacent to an activating group) is 1. The first-order chi connectivity index (χ1) is 19.7. The molecule has 0 spiro atoms. The molecule has 4 rings (SSSR count). The van der Waals surface area contributed by atoms with Crippen LogP contribution in [0.4, 0.5) is 8.78 Å². The SMILES string of the molecule is CN(CC(O)CNC(C)(C)CC1Cc2ccccc2C1)S(=O)(=O)c1ccc(-c2ccc(F)cc2CCC(=O)O)c(F)c1. The number of sulfonamides is 1. The maximum Gasteiger partial charge on any atom is 0.303 e. The molecular weight excluding hydrogens is 562 g/mol. The van der Waals surface area contributed by atoms with E-state index in [4.69, 9.17) is 5.11 Å². The zero-order valence-electron chi connectivity index (χ0n) is 24.1. The molecule has 0 bridgehead atoms. The summed E-state index contributed by atoms with van der Waals surface area (Å²) in [5, 5.41) is 23.0. The second-order valence-corrected chi connectivity index (χ2v) is 13.8. The van der Waals surface area contributed by atoms with Crippen LogP contribution in [-0.4, -0.2) is 60.7 Å². The fourth-order valence-corrected chi connectivity index (χ4v) is 6.99. The largest absolute Gasteiger partial charge is 0.481 e. The van der Waals surface area contributed by atoms with Gasteiger partial charge in [-0.1, -0.05) is 36.4 Å². The molecule has 0 saturated heterocycles. The molecule has 0 aliphatic heterocycles. The van der Waals surface area contributed by atoms with E-state index in [2.05, 4.69) is 43.4 Å². The number of aliphatic carboxylic acids is 1. The van der Waals surface area contributed by atoms with Crippen molar-refractivity contribution < 1.29 is 32.2 Å². The maximum atomic E-state index is 15.2. The summed E-state index contributed by atoms with van der Waals surface area (Å²) < 4.78 is 56.4. The topological polar surface area (TPSA) is 107 Å². The summed E-state index contributed by atoms with van der Waals surface area (Å²) in [5.74, 6) is -2.01. The van der Waals surface area contributed by atoms with E-state index < -0.39 is 33.7 Å². The molecule has 0 fully saturated rings. The Balaban J connectivity index is 1.37. The Morgan fingerprint density at radius 2 is 1.69 bits per heavy atom. The number of carboxylic acids is 1. The van der Waals surface area contributed by atoms with Gasteiger partial charge in [0, 0.05) is 37.7 Å². The summed E-state index contributed by atoms with van der Waals surface area (Å²) in [4.78, 5) is 10.7. The third-order valence-corrected chi connectivity index (χ3v) is 9.65. The molecule has 3 aromatic rings. The van der Waals surface area contributed by atoms with Crippen LogP contribution in [0.5, 0.6) is 0 Å². The second kappa shape index (κ2) is 13.0. The normalized spacial score (nSPS) is 14.7. The average Bonchev–Trinajstić information content (AvgIpc) is 3.32. The minimum absolute atomic E-state index is 0.0122. The summed E-state index contributed by atoms with van der Waals surface area (Å²) in [6, 6.07) is 15.5. The zero-order valence-corrected chi connectivity index (χ0v) is 24.9. The van der Waals surface area contributed by atoms with Gasteiger partial charge in [0.2, 0.25) is 10.0 Å². The first kappa shape index (κ1) is 31.7. The minimum atomic E-state index is -4.13. The summed E-state index contributed by atoms with van der Waals surface area (Å²) in [7, 11) is -2.80. The fraction of sp³-hybridized carbons (Fsp3) is 0.406. The van der Waals surface area contributed by atoms with E-state index >= 15 is 4.39 Å². The number of nitrogens with one attached hydrogen (secondary N) is 1. The Bertz CT molecular complexity index is 1520. The van der Waals surface area contributed by atoms with Crippen molar-refractivity contribution in [1.29, 1.82) is 0 Å². The minimum Gasteiger partial charge on any atom is -0.481 e. The van der Waals surface area contributed by atoms with Gasteiger partial charge in [0.15, 0.2) is 0 Å². The molecule has 1 aliphatic carbocycles. The lowest BCUT2D eigenvalue weighted by atomic mass is 9.88. The van der Waals surface area contributed by atoms with E-state index in [0.29, 0.717) is 11.5 Å². The molecule has 3 N–H and O–H groups in total. The number of nitrogens with zero attached hydrogens (tertiary/aromatic N) is 1. The smallest absolute Gasteiger partial charge is 0.303 e. The van der Waals surface area contributed by atoms with Crippen molar-refractivity contribution in [2.75, 3.05) is 20.1 Å². The molecule has 7 nitrogen and oxygen atoms in total. The number of aryl methyl sites for hydroxylation is 1. The highest BCUT2D eigenvalue weighted by Gasteiger charge is 2.30. The molecule has 0 radical (unpaired) electrons. The Hall–Kier alpha value is -3.18. The van der Waals surface area contributed by atoms with Gasteiger partial charge >= 0.3 is 5.97 Å². The van der Waals surface area contributed by atoms with Crippen molar-refractivity contribution in [2.24, 2.45) is 5.92 Å². The standard InChI is InChI=1S/C32H38F2N2O5S/c1-32(2,18-21-14-22-6-4-5-7-23(22)15-21)35-19-26(37)20-36(3)42(40,41)27-10-12-29(30(34)17-27)28-11-9-25(33)16-24(28)8-13-31(38)39/h4-7,9-12,16-17,21,26,35,37H,8,13-15,18-20H2,1-3H3,(H,38,39). The molecule has 42 heavy (non-hydrogen) atoms. The van der Waals surface area contributed by atoms with Gasteiger partial charge in [-0.05, 0) is 92.0 Å². The van der Waals surface area contributed by atoms with E-state index in [1.807, 2.05) is 0 Å². The lowest BCUT2D eigenvalue weighted by molar-refractivity contribution is -0.136. The zero-order chi connectivity index (χ0) is 30.7. The molecule has 1 aliphatic rings. The number of aliphatic hydroxyl groups is 1. The number of β-amino-alcohol motifs (C(OH)–C–C–N with tert-alkyl or cyclic N) is 1. The molecular formula is C32H38F2N2O5S. The number of hydrogen-bond donors (Lipinski definition) is 3. The van der Waals surface area contributed by atoms with E-state index in [1.165, 1.54) is 36.4 Å². The second-order valence-electron chi connectivity index (χ2n) is 11.8. The van der Waals surface area contributed by atoms with Gasteiger partial charge in [-0.3, -0.25) is 4.79 Å². The number of hydrogen-bond acceptors (Lipinski definition) is 5. The molecule has 3 aromatic carbocycles. The quantitative estimate of drug-likeness (QED) is 0.260. The third kappa shape index (κ3) is 7.80. The van der Waals surface area contributed by atoms with Crippen LogP contribution >= 0.6 is 0 Å². The maximum absolute atomic E-state index is 15.2. The molecule has 1 unspecified atom stereocenters. The molecule has 0 heterocycles. The third-order valence-electron chi connectivity index (χ3n) is 7.83. The van der Waals surface area contributed by atoms with Gasteiger partial charge in [0.25, 0.3) is 0 Å². The van der Waals surface area contributed by atoms with Crippen LogP contribution in [0.3, 0.4) is 0 Å². The van der Waals surface area contributed by atoms with Crippen LogP contribution in [0, 0.1) is 17.6 Å². The number of rotatable bonds is 13. The molecule has 226 valence electrons. The highest BCUT2D eigenvalue weighted by atomic mass is 32.2. The molecule has 0 aromatic heterocycles. The number of fused-ring (bicyclic) bond motifs is 1. The number of carbonyl (C=O) groups is 1. The number of aliphatic hydroxyl groups excluding tert-OH is 1. The highest BCUT2D eigenvalue weighted by molar-refractivity contribution is 7.89. The molecule has 10 heteroatoms. The van der Waals surface area contributed by atoms with Gasteiger partial charge in [0.05, 0.1) is 11.0 Å². The van der Waals surface area contributed by atoms with E-state index in [1.54, 1.807) is 0 Å². The van der Waals surface area contributed by atoms with Crippen molar-refractivity contribution in [3.63, 3.8) is 0 Å². The summed E-state index contributed by atoms with van der Waals surface area (Å²) in [5.41, 5.74) is 3.12. The van der Waals surface area contributed by atoms with E-state index in [0.717, 1.165) is 41.8 Å². The Labute approximate surface area is 246 Å². The van der Waals surface area contributed by atoms with Gasteiger partial charge < -0.3 is 15.5 Å². The van der Waals surface area contributed by atoms with Gasteiger partial charge in [-0.15, -0.1) is 0 Å². The van der Waals surface area contributed by atoms with Crippen molar-refractivity contribution in [3.8, 4) is 11.1 Å². The van der Waals surface area contributed by atoms with Crippen LogP contribution in [0.1, 0.15) is 43.4 Å². The highest BCUT2D eigenvalue weighted by Crippen LogP contribution is 2.32. The number of halogens is 2. The molecule has 0 amide bonds. The van der Waals surface area contributed by atoms with Crippen LogP contribution in [0.25, 0.3) is 11.1 Å². The average molecular weight is 601 g/mol. The molecule has 0 saturated carbocycles. The van der Waals surface area contributed by atoms with Crippen molar-refractivity contribution in [3.05, 3.63) is 89.0 Å². The van der Waals surface area contributed by atoms with Crippen LogP contribution in [0.2, 0.25) is 0 Å². The summed E-state index contributed by atoms with van der Waals surface area (Å²) in [6.45, 7) is 4.13. The molecule has 1 atom stereocenters. The lowest BCUT2D eigenvalue weighted by Gasteiger charge is -2.31. The van der Waals surface area contributed by atoms with E-state index in [9.17, 15) is 22.7 Å². The Kier molecular flexibility index (Phi) is 9.82.